The minimum atomic E-state index is -0.511. The molecule has 1 aromatic carbocycles. The average molecular weight is 394 g/mol. The Morgan fingerprint density at radius 3 is 2.36 bits per heavy atom. The van der Waals surface area contributed by atoms with Gasteiger partial charge >= 0.3 is 6.03 Å². The molecule has 0 saturated carbocycles. The SMILES string of the molecule is C=CCNC(=O)Nc1ccc(NC(=O)c2ccc(-c3cccs3)[nH]c2=O)cc1. The maximum absolute atomic E-state index is 12.4. The highest BCUT2D eigenvalue weighted by atomic mass is 32.1. The number of hydrogen-bond acceptors (Lipinski definition) is 4. The van der Waals surface area contributed by atoms with Crippen LogP contribution in [-0.4, -0.2) is 23.5 Å². The van der Waals surface area contributed by atoms with Crippen molar-refractivity contribution >= 4 is 34.6 Å². The van der Waals surface area contributed by atoms with Gasteiger partial charge in [-0.05, 0) is 47.8 Å². The summed E-state index contributed by atoms with van der Waals surface area (Å²) in [5.41, 5.74) is 1.30. The predicted molar refractivity (Wildman–Crippen MR) is 112 cm³/mol. The van der Waals surface area contributed by atoms with Gasteiger partial charge in [0.25, 0.3) is 11.5 Å². The molecule has 28 heavy (non-hydrogen) atoms. The summed E-state index contributed by atoms with van der Waals surface area (Å²) in [5.74, 6) is -0.511. The minimum Gasteiger partial charge on any atom is -0.334 e. The molecule has 4 N–H and O–H groups in total. The number of carbonyl (C=O) groups is 2. The Labute approximate surface area is 165 Å². The molecular weight excluding hydrogens is 376 g/mol. The van der Waals surface area contributed by atoms with Crippen LogP contribution < -0.4 is 21.5 Å². The fourth-order valence-corrected chi connectivity index (χ4v) is 3.11. The van der Waals surface area contributed by atoms with Crippen LogP contribution in [0.25, 0.3) is 10.6 Å². The molecule has 0 saturated heterocycles. The number of thiophene rings is 1. The molecule has 0 aliphatic rings. The van der Waals surface area contributed by atoms with Crippen molar-refractivity contribution in [1.29, 1.82) is 0 Å². The fraction of sp³-hybridized carbons (Fsp3) is 0.0500. The number of rotatable bonds is 6. The first-order chi connectivity index (χ1) is 13.6. The van der Waals surface area contributed by atoms with Crippen LogP contribution in [-0.2, 0) is 0 Å². The Hall–Kier alpha value is -3.65. The van der Waals surface area contributed by atoms with Gasteiger partial charge in [0.2, 0.25) is 0 Å². The van der Waals surface area contributed by atoms with Crippen LogP contribution in [0.1, 0.15) is 10.4 Å². The number of aromatic nitrogens is 1. The molecule has 7 nitrogen and oxygen atoms in total. The second kappa shape index (κ2) is 8.83. The molecular formula is C20H18N4O3S. The smallest absolute Gasteiger partial charge is 0.319 e. The number of anilines is 2. The first-order valence-corrected chi connectivity index (χ1v) is 9.29. The Bertz CT molecular complexity index is 1040. The van der Waals surface area contributed by atoms with Gasteiger partial charge in [-0.1, -0.05) is 12.1 Å². The largest absolute Gasteiger partial charge is 0.334 e. The quantitative estimate of drug-likeness (QED) is 0.480. The number of benzene rings is 1. The summed E-state index contributed by atoms with van der Waals surface area (Å²) in [4.78, 5) is 39.9. The number of carbonyl (C=O) groups excluding carboxylic acids is 2. The van der Waals surface area contributed by atoms with E-state index in [0.717, 1.165) is 4.88 Å². The Morgan fingerprint density at radius 1 is 1.04 bits per heavy atom. The summed E-state index contributed by atoms with van der Waals surface area (Å²) in [6.07, 6.45) is 1.58. The van der Waals surface area contributed by atoms with E-state index in [9.17, 15) is 14.4 Å². The topological polar surface area (TPSA) is 103 Å². The van der Waals surface area contributed by atoms with Gasteiger partial charge in [0.05, 0.1) is 10.6 Å². The minimum absolute atomic E-state index is 0.0197. The van der Waals surface area contributed by atoms with E-state index in [4.69, 9.17) is 0 Å². The van der Waals surface area contributed by atoms with E-state index < -0.39 is 11.5 Å². The van der Waals surface area contributed by atoms with Gasteiger partial charge in [0.15, 0.2) is 0 Å². The van der Waals surface area contributed by atoms with Crippen LogP contribution in [0.3, 0.4) is 0 Å². The van der Waals surface area contributed by atoms with Crippen LogP contribution in [0.15, 0.2) is 71.4 Å². The number of hydrogen-bond donors (Lipinski definition) is 4. The van der Waals surface area contributed by atoms with E-state index in [1.54, 1.807) is 36.4 Å². The Balaban J connectivity index is 1.65. The van der Waals surface area contributed by atoms with Crippen molar-refractivity contribution < 1.29 is 9.59 Å². The molecule has 2 heterocycles. The third-order valence-corrected chi connectivity index (χ3v) is 4.65. The normalized spacial score (nSPS) is 10.1. The molecule has 2 aromatic heterocycles. The van der Waals surface area contributed by atoms with E-state index in [1.165, 1.54) is 17.4 Å². The lowest BCUT2D eigenvalue weighted by atomic mass is 10.2. The lowest BCUT2D eigenvalue weighted by molar-refractivity contribution is 0.102. The van der Waals surface area contributed by atoms with E-state index >= 15 is 0 Å². The maximum Gasteiger partial charge on any atom is 0.319 e. The summed E-state index contributed by atoms with van der Waals surface area (Å²) in [5, 5.41) is 9.83. The zero-order valence-corrected chi connectivity index (χ0v) is 15.6. The van der Waals surface area contributed by atoms with Gasteiger partial charge in [-0.2, -0.15) is 0 Å². The summed E-state index contributed by atoms with van der Waals surface area (Å²) in [6.45, 7) is 3.88. The third kappa shape index (κ3) is 4.74. The van der Waals surface area contributed by atoms with Crippen molar-refractivity contribution in [3.63, 3.8) is 0 Å². The standard InChI is InChI=1S/C20H18N4O3S/c1-2-11-21-20(27)23-14-7-5-13(6-8-14)22-18(25)15-9-10-16(24-19(15)26)17-4-3-12-28-17/h2-10,12H,1,11H2,(H,22,25)(H,24,26)(H2,21,23,27). The van der Waals surface area contributed by atoms with E-state index in [1.807, 2.05) is 17.5 Å². The summed E-state index contributed by atoms with van der Waals surface area (Å²) < 4.78 is 0. The monoisotopic (exact) mass is 394 g/mol. The molecule has 3 rings (SSSR count). The van der Waals surface area contributed by atoms with Crippen molar-refractivity contribution in [2.24, 2.45) is 0 Å². The van der Waals surface area contributed by atoms with Crippen molar-refractivity contribution in [1.82, 2.24) is 10.3 Å². The summed E-state index contributed by atoms with van der Waals surface area (Å²) >= 11 is 1.50. The zero-order valence-electron chi connectivity index (χ0n) is 14.8. The van der Waals surface area contributed by atoms with E-state index in [2.05, 4.69) is 27.5 Å². The van der Waals surface area contributed by atoms with E-state index in [-0.39, 0.29) is 11.6 Å². The molecule has 0 spiro atoms. The van der Waals surface area contributed by atoms with Gasteiger partial charge in [0.1, 0.15) is 5.56 Å². The highest BCUT2D eigenvalue weighted by Gasteiger charge is 2.12. The number of pyridine rings is 1. The zero-order chi connectivity index (χ0) is 19.9. The second-order valence-corrected chi connectivity index (χ2v) is 6.69. The van der Waals surface area contributed by atoms with E-state index in [0.29, 0.717) is 23.6 Å². The summed E-state index contributed by atoms with van der Waals surface area (Å²) in [7, 11) is 0. The lowest BCUT2D eigenvalue weighted by Gasteiger charge is -2.08. The van der Waals surface area contributed by atoms with Gasteiger partial charge in [-0.3, -0.25) is 9.59 Å². The molecule has 142 valence electrons. The molecule has 0 fully saturated rings. The summed E-state index contributed by atoms with van der Waals surface area (Å²) in [6, 6.07) is 13.2. The fourth-order valence-electron chi connectivity index (χ4n) is 2.40. The molecule has 3 aromatic rings. The van der Waals surface area contributed by atoms with Crippen LogP contribution in [0.4, 0.5) is 16.2 Å². The van der Waals surface area contributed by atoms with Crippen molar-refractivity contribution in [2.45, 2.75) is 0 Å². The Kier molecular flexibility index (Phi) is 6.03. The molecule has 0 radical (unpaired) electrons. The first-order valence-electron chi connectivity index (χ1n) is 8.41. The van der Waals surface area contributed by atoms with Gasteiger partial charge in [-0.15, -0.1) is 17.9 Å². The molecule has 0 bridgehead atoms. The average Bonchev–Trinajstić information content (AvgIpc) is 3.22. The van der Waals surface area contributed by atoms with Crippen molar-refractivity contribution in [3.8, 4) is 10.6 Å². The van der Waals surface area contributed by atoms with Crippen LogP contribution in [0.2, 0.25) is 0 Å². The number of nitrogens with one attached hydrogen (secondary N) is 4. The van der Waals surface area contributed by atoms with Crippen LogP contribution >= 0.6 is 11.3 Å². The number of aromatic amines is 1. The third-order valence-electron chi connectivity index (χ3n) is 3.75. The molecule has 0 aliphatic heterocycles. The highest BCUT2D eigenvalue weighted by molar-refractivity contribution is 7.13. The van der Waals surface area contributed by atoms with Crippen LogP contribution in [0.5, 0.6) is 0 Å². The maximum atomic E-state index is 12.4. The van der Waals surface area contributed by atoms with Gasteiger partial charge < -0.3 is 20.9 Å². The number of H-pyrrole nitrogens is 1. The first kappa shape index (κ1) is 19.1. The molecule has 0 aliphatic carbocycles. The molecule has 0 atom stereocenters. The molecule has 8 heteroatoms. The van der Waals surface area contributed by atoms with Crippen molar-refractivity contribution in [3.05, 3.63) is 82.5 Å². The van der Waals surface area contributed by atoms with Gasteiger partial charge in [0, 0.05) is 17.9 Å². The molecule has 3 amide bonds. The van der Waals surface area contributed by atoms with Crippen molar-refractivity contribution in [2.75, 3.05) is 17.2 Å². The second-order valence-electron chi connectivity index (χ2n) is 5.75. The number of urea groups is 1. The Morgan fingerprint density at radius 2 is 1.75 bits per heavy atom. The van der Waals surface area contributed by atoms with Crippen LogP contribution in [0, 0.1) is 0 Å². The highest BCUT2D eigenvalue weighted by Crippen LogP contribution is 2.21. The number of amides is 3. The lowest BCUT2D eigenvalue weighted by Crippen LogP contribution is -2.28. The molecule has 0 unspecified atom stereocenters. The van der Waals surface area contributed by atoms with Gasteiger partial charge in [-0.25, -0.2) is 4.79 Å². The predicted octanol–water partition coefficient (Wildman–Crippen LogP) is 3.66.